The second-order valence-corrected chi connectivity index (χ2v) is 10.2. The maximum atomic E-state index is 12.9. The summed E-state index contributed by atoms with van der Waals surface area (Å²) in [5.74, 6) is -0.143. The van der Waals surface area contributed by atoms with Gasteiger partial charge in [-0.1, -0.05) is 32.1 Å². The summed E-state index contributed by atoms with van der Waals surface area (Å²) in [6, 6.07) is 0. The summed E-state index contributed by atoms with van der Waals surface area (Å²) < 4.78 is 4.65. The van der Waals surface area contributed by atoms with E-state index in [9.17, 15) is 14.4 Å². The molecular formula is C26H37N3O4S. The quantitative estimate of drug-likeness (QED) is 0.173. The van der Waals surface area contributed by atoms with Gasteiger partial charge in [0, 0.05) is 24.7 Å². The van der Waals surface area contributed by atoms with Crippen molar-refractivity contribution in [2.45, 2.75) is 77.0 Å². The molecule has 0 atom stereocenters. The zero-order valence-electron chi connectivity index (χ0n) is 20.4. The molecule has 1 fully saturated rings. The van der Waals surface area contributed by atoms with E-state index in [1.54, 1.807) is 11.5 Å². The first-order chi connectivity index (χ1) is 16.5. The monoisotopic (exact) mass is 487 g/mol. The van der Waals surface area contributed by atoms with Crippen molar-refractivity contribution in [3.05, 3.63) is 34.0 Å². The molecule has 1 saturated carbocycles. The van der Waals surface area contributed by atoms with Crippen molar-refractivity contribution in [2.24, 2.45) is 5.92 Å². The molecule has 1 heterocycles. The molecule has 3 rings (SSSR count). The molecule has 2 aliphatic rings. The number of carbonyl (C=O) groups excluding carboxylic acids is 3. The predicted molar refractivity (Wildman–Crippen MR) is 135 cm³/mol. The lowest BCUT2D eigenvalue weighted by Gasteiger charge is -2.32. The summed E-state index contributed by atoms with van der Waals surface area (Å²) in [7, 11) is 3.49. The normalized spacial score (nSPS) is 20.2. The maximum Gasteiger partial charge on any atom is 0.311 e. The Hall–Kier alpha value is -2.48. The van der Waals surface area contributed by atoms with Gasteiger partial charge in [-0.2, -0.15) is 0 Å². The average Bonchev–Trinajstić information content (AvgIpc) is 3.25. The standard InChI is InChI=1S/C26H37N3O4S/c1-29(16-19-10-6-5-7-11-19)23-13-9-4-3-8-12-20(23)14-21(17-30)25(32)28-26-27-22(18-34-26)15-24(31)33-2/h14,17-19H,3-13,15-16H2,1-2H3,(H,27,28,32)/b21-14+,23-20-. The number of nitrogens with one attached hydrogen (secondary N) is 1. The van der Waals surface area contributed by atoms with Gasteiger partial charge in [0.2, 0.25) is 0 Å². The number of rotatable bonds is 9. The van der Waals surface area contributed by atoms with Gasteiger partial charge in [-0.05, 0) is 56.1 Å². The predicted octanol–water partition coefficient (Wildman–Crippen LogP) is 5.04. The molecule has 1 N–H and O–H groups in total. The Morgan fingerprint density at radius 1 is 1.15 bits per heavy atom. The molecule has 0 radical (unpaired) electrons. The van der Waals surface area contributed by atoms with E-state index in [0.29, 0.717) is 17.1 Å². The van der Waals surface area contributed by atoms with Gasteiger partial charge in [-0.3, -0.25) is 19.7 Å². The molecule has 1 amide bonds. The van der Waals surface area contributed by atoms with Crippen LogP contribution in [0.2, 0.25) is 0 Å². The molecule has 0 aromatic carbocycles. The van der Waals surface area contributed by atoms with E-state index >= 15 is 0 Å². The summed E-state index contributed by atoms with van der Waals surface area (Å²) in [5, 5.41) is 4.77. The van der Waals surface area contributed by atoms with E-state index in [2.05, 4.69) is 27.0 Å². The number of ether oxygens (including phenoxy) is 1. The maximum absolute atomic E-state index is 12.9. The Bertz CT molecular complexity index is 915. The summed E-state index contributed by atoms with van der Waals surface area (Å²) >= 11 is 1.22. The number of thiazole rings is 1. The fourth-order valence-electron chi connectivity index (χ4n) is 4.90. The number of aromatic nitrogens is 1. The number of anilines is 1. The number of allylic oxidation sites excluding steroid dienone is 3. The molecule has 7 nitrogen and oxygen atoms in total. The van der Waals surface area contributed by atoms with E-state index < -0.39 is 11.9 Å². The number of carbonyl (C=O) groups is 3. The molecule has 0 saturated heterocycles. The fourth-order valence-corrected chi connectivity index (χ4v) is 5.61. The number of hydrogen-bond acceptors (Lipinski definition) is 7. The van der Waals surface area contributed by atoms with Gasteiger partial charge < -0.3 is 9.64 Å². The second-order valence-electron chi connectivity index (χ2n) is 9.34. The molecule has 8 heteroatoms. The molecule has 1 aromatic heterocycles. The van der Waals surface area contributed by atoms with Crippen LogP contribution in [0.1, 0.15) is 76.3 Å². The van der Waals surface area contributed by atoms with Crippen molar-refractivity contribution >= 4 is 34.6 Å². The van der Waals surface area contributed by atoms with Gasteiger partial charge in [0.15, 0.2) is 11.4 Å². The zero-order chi connectivity index (χ0) is 24.3. The van der Waals surface area contributed by atoms with Crippen LogP contribution in [0.4, 0.5) is 5.13 Å². The first kappa shape index (κ1) is 26.1. The van der Waals surface area contributed by atoms with Gasteiger partial charge in [0.05, 0.1) is 24.8 Å². The van der Waals surface area contributed by atoms with E-state index in [1.807, 2.05) is 0 Å². The summed E-state index contributed by atoms with van der Waals surface area (Å²) in [4.78, 5) is 42.9. The summed E-state index contributed by atoms with van der Waals surface area (Å²) in [5.41, 5.74) is 3.00. The minimum absolute atomic E-state index is 0.0445. The van der Waals surface area contributed by atoms with E-state index in [0.717, 1.165) is 43.7 Å². The summed E-state index contributed by atoms with van der Waals surface area (Å²) in [6.07, 6.45) is 15.4. The molecule has 2 aliphatic carbocycles. The lowest BCUT2D eigenvalue weighted by molar-refractivity contribution is -0.139. The number of esters is 1. The van der Waals surface area contributed by atoms with Gasteiger partial charge in [0.25, 0.3) is 5.91 Å². The fraction of sp³-hybridized carbons (Fsp3) is 0.615. The molecule has 186 valence electrons. The minimum Gasteiger partial charge on any atom is -0.469 e. The van der Waals surface area contributed by atoms with Crippen LogP contribution >= 0.6 is 11.3 Å². The Kier molecular flexibility index (Phi) is 10.3. The lowest BCUT2D eigenvalue weighted by Crippen LogP contribution is -2.28. The smallest absolute Gasteiger partial charge is 0.311 e. The van der Waals surface area contributed by atoms with Crippen LogP contribution in [0.3, 0.4) is 0 Å². The van der Waals surface area contributed by atoms with Gasteiger partial charge in [-0.25, -0.2) is 4.98 Å². The number of hydrogen-bond donors (Lipinski definition) is 1. The van der Waals surface area contributed by atoms with E-state index in [1.165, 1.54) is 69.1 Å². The Morgan fingerprint density at radius 3 is 2.56 bits per heavy atom. The Balaban J connectivity index is 1.77. The minimum atomic E-state index is -0.474. The average molecular weight is 488 g/mol. The van der Waals surface area contributed by atoms with Crippen LogP contribution < -0.4 is 5.32 Å². The van der Waals surface area contributed by atoms with E-state index in [-0.39, 0.29) is 12.0 Å². The first-order valence-electron chi connectivity index (χ1n) is 12.4. The highest BCUT2D eigenvalue weighted by atomic mass is 32.1. The van der Waals surface area contributed by atoms with Crippen LogP contribution in [-0.2, 0) is 25.5 Å². The highest BCUT2D eigenvalue weighted by molar-refractivity contribution is 7.14. The molecule has 1 aromatic rings. The van der Waals surface area contributed by atoms with Gasteiger partial charge >= 0.3 is 5.97 Å². The van der Waals surface area contributed by atoms with Crippen LogP contribution in [0.5, 0.6) is 0 Å². The van der Waals surface area contributed by atoms with Gasteiger partial charge in [-0.15, -0.1) is 11.3 Å². The van der Waals surface area contributed by atoms with E-state index in [4.69, 9.17) is 0 Å². The number of methoxy groups -OCH3 is 1. The van der Waals surface area contributed by atoms with Crippen molar-refractivity contribution in [3.63, 3.8) is 0 Å². The Morgan fingerprint density at radius 2 is 1.85 bits per heavy atom. The molecule has 0 aliphatic heterocycles. The number of aldehydes is 1. The molecule has 0 bridgehead atoms. The van der Waals surface area contributed by atoms with Gasteiger partial charge in [0.1, 0.15) is 0 Å². The van der Waals surface area contributed by atoms with Crippen molar-refractivity contribution in [2.75, 3.05) is 26.0 Å². The molecule has 0 unspecified atom stereocenters. The first-order valence-corrected chi connectivity index (χ1v) is 13.3. The third-order valence-corrected chi connectivity index (χ3v) is 7.55. The highest BCUT2D eigenvalue weighted by Crippen LogP contribution is 2.30. The third-order valence-electron chi connectivity index (χ3n) is 6.74. The molecule has 0 spiro atoms. The van der Waals surface area contributed by atoms with Crippen molar-refractivity contribution < 1.29 is 19.1 Å². The van der Waals surface area contributed by atoms with Crippen LogP contribution in [-0.4, -0.2) is 48.7 Å². The molecular weight excluding hydrogens is 450 g/mol. The van der Waals surface area contributed by atoms with Crippen molar-refractivity contribution in [3.8, 4) is 0 Å². The zero-order valence-corrected chi connectivity index (χ0v) is 21.3. The van der Waals surface area contributed by atoms with Crippen LogP contribution in [0, 0.1) is 5.92 Å². The molecule has 34 heavy (non-hydrogen) atoms. The SMILES string of the molecule is COC(=O)Cc1csc(NC(=O)/C(C=O)=C/C2=C(\N(C)CC3CCCCC3)CCCCCC2)n1. The number of nitrogens with zero attached hydrogens (tertiary/aromatic N) is 2. The second kappa shape index (κ2) is 13.4. The van der Waals surface area contributed by atoms with Crippen LogP contribution in [0.15, 0.2) is 28.3 Å². The largest absolute Gasteiger partial charge is 0.469 e. The third kappa shape index (κ3) is 7.79. The summed E-state index contributed by atoms with van der Waals surface area (Å²) in [6.45, 7) is 1.04. The van der Waals surface area contributed by atoms with Crippen molar-refractivity contribution in [1.29, 1.82) is 0 Å². The lowest BCUT2D eigenvalue weighted by atomic mass is 9.88. The topological polar surface area (TPSA) is 88.6 Å². The number of amides is 1. The Labute approximate surface area is 206 Å². The van der Waals surface area contributed by atoms with Crippen LogP contribution in [0.25, 0.3) is 0 Å². The van der Waals surface area contributed by atoms with Crippen molar-refractivity contribution in [1.82, 2.24) is 9.88 Å². The highest BCUT2D eigenvalue weighted by Gasteiger charge is 2.20.